The normalized spacial score (nSPS) is 15.0. The van der Waals surface area contributed by atoms with E-state index in [0.717, 1.165) is 48.6 Å². The molecule has 0 radical (unpaired) electrons. The molecule has 1 saturated heterocycles. The van der Waals surface area contributed by atoms with Crippen molar-refractivity contribution < 1.29 is 4.79 Å². The van der Waals surface area contributed by atoms with Gasteiger partial charge in [-0.1, -0.05) is 24.3 Å². The second-order valence-corrected chi connectivity index (χ2v) is 6.15. The van der Waals surface area contributed by atoms with Crippen molar-refractivity contribution in [2.75, 3.05) is 31.1 Å². The molecular weight excluding hydrogens is 300 g/mol. The molecule has 122 valence electrons. The fraction of sp³-hybridized carbons (Fsp3) is 0.263. The number of nitrogens with one attached hydrogen (secondary N) is 1. The minimum atomic E-state index is 0.158. The zero-order chi connectivity index (χ0) is 16.5. The van der Waals surface area contributed by atoms with E-state index in [2.05, 4.69) is 39.1 Å². The molecular formula is C19H20N4O. The van der Waals surface area contributed by atoms with Gasteiger partial charge in [-0.15, -0.1) is 0 Å². The van der Waals surface area contributed by atoms with Crippen LogP contribution in [0.4, 0.5) is 5.69 Å². The Balaban J connectivity index is 1.59. The van der Waals surface area contributed by atoms with Crippen LogP contribution < -0.4 is 4.90 Å². The Morgan fingerprint density at radius 1 is 1.04 bits per heavy atom. The summed E-state index contributed by atoms with van der Waals surface area (Å²) >= 11 is 0. The molecule has 5 heteroatoms. The second kappa shape index (κ2) is 6.00. The van der Waals surface area contributed by atoms with Crippen LogP contribution in [0.5, 0.6) is 0 Å². The number of hydrogen-bond donors (Lipinski definition) is 1. The Bertz CT molecular complexity index is 845. The van der Waals surface area contributed by atoms with Gasteiger partial charge in [-0.3, -0.25) is 4.79 Å². The van der Waals surface area contributed by atoms with E-state index in [0.29, 0.717) is 0 Å². The molecule has 1 aromatic heterocycles. The van der Waals surface area contributed by atoms with E-state index in [-0.39, 0.29) is 5.91 Å². The van der Waals surface area contributed by atoms with E-state index in [9.17, 15) is 4.79 Å². The highest BCUT2D eigenvalue weighted by Gasteiger charge is 2.19. The third kappa shape index (κ3) is 2.73. The summed E-state index contributed by atoms with van der Waals surface area (Å²) in [6.45, 7) is 4.93. The number of hydrogen-bond acceptors (Lipinski definition) is 3. The maximum Gasteiger partial charge on any atom is 0.219 e. The first-order valence-corrected chi connectivity index (χ1v) is 8.26. The Morgan fingerprint density at radius 3 is 2.58 bits per heavy atom. The highest BCUT2D eigenvalue weighted by Crippen LogP contribution is 2.25. The number of imidazole rings is 1. The Hall–Kier alpha value is -2.82. The minimum Gasteiger partial charge on any atom is -0.368 e. The minimum absolute atomic E-state index is 0.158. The van der Waals surface area contributed by atoms with Crippen LogP contribution in [0.25, 0.3) is 22.4 Å². The van der Waals surface area contributed by atoms with Crippen LogP contribution >= 0.6 is 0 Å². The Labute approximate surface area is 140 Å². The predicted octanol–water partition coefficient (Wildman–Crippen LogP) is 2.90. The highest BCUT2D eigenvalue weighted by molar-refractivity contribution is 5.80. The number of rotatable bonds is 2. The lowest BCUT2D eigenvalue weighted by atomic mass is 10.1. The molecule has 0 saturated carbocycles. The number of aromatic amines is 1. The molecule has 24 heavy (non-hydrogen) atoms. The molecule has 1 fully saturated rings. The zero-order valence-corrected chi connectivity index (χ0v) is 13.7. The smallest absolute Gasteiger partial charge is 0.219 e. The Kier molecular flexibility index (Phi) is 3.69. The fourth-order valence-corrected chi connectivity index (χ4v) is 3.22. The van der Waals surface area contributed by atoms with Gasteiger partial charge in [0.15, 0.2) is 0 Å². The molecule has 1 N–H and O–H groups in total. The molecule has 1 amide bonds. The number of carbonyl (C=O) groups is 1. The molecule has 5 nitrogen and oxygen atoms in total. The van der Waals surface area contributed by atoms with Crippen LogP contribution in [0, 0.1) is 0 Å². The molecule has 4 rings (SSSR count). The third-order valence-electron chi connectivity index (χ3n) is 4.60. The zero-order valence-electron chi connectivity index (χ0n) is 13.7. The van der Waals surface area contributed by atoms with Gasteiger partial charge >= 0.3 is 0 Å². The van der Waals surface area contributed by atoms with Crippen molar-refractivity contribution in [3.63, 3.8) is 0 Å². The molecule has 0 atom stereocenters. The monoisotopic (exact) mass is 320 g/mol. The number of amides is 1. The molecule has 2 heterocycles. The molecule has 0 aliphatic carbocycles. The van der Waals surface area contributed by atoms with Crippen LogP contribution in [0.2, 0.25) is 0 Å². The summed E-state index contributed by atoms with van der Waals surface area (Å²) in [7, 11) is 0. The van der Waals surface area contributed by atoms with Gasteiger partial charge in [0.1, 0.15) is 5.82 Å². The summed E-state index contributed by atoms with van der Waals surface area (Å²) in [5.74, 6) is 1.05. The van der Waals surface area contributed by atoms with Crippen LogP contribution in [-0.4, -0.2) is 47.0 Å². The predicted molar refractivity (Wildman–Crippen MR) is 96.0 cm³/mol. The quantitative estimate of drug-likeness (QED) is 0.790. The van der Waals surface area contributed by atoms with Crippen molar-refractivity contribution in [1.82, 2.24) is 14.9 Å². The number of nitrogens with zero attached hydrogens (tertiary/aromatic N) is 3. The van der Waals surface area contributed by atoms with Crippen molar-refractivity contribution in [3.8, 4) is 11.4 Å². The summed E-state index contributed by atoms with van der Waals surface area (Å²) in [6.07, 6.45) is 0. The summed E-state index contributed by atoms with van der Waals surface area (Å²) in [5, 5.41) is 0. The number of H-pyrrole nitrogens is 1. The maximum atomic E-state index is 11.5. The van der Waals surface area contributed by atoms with Gasteiger partial charge in [0, 0.05) is 44.4 Å². The van der Waals surface area contributed by atoms with Crippen LogP contribution in [0.3, 0.4) is 0 Å². The van der Waals surface area contributed by atoms with Gasteiger partial charge in [0.2, 0.25) is 5.91 Å². The fourth-order valence-electron chi connectivity index (χ4n) is 3.22. The molecule has 1 aliphatic heterocycles. The topological polar surface area (TPSA) is 52.2 Å². The lowest BCUT2D eigenvalue weighted by molar-refractivity contribution is -0.129. The van der Waals surface area contributed by atoms with Gasteiger partial charge in [0.05, 0.1) is 11.0 Å². The van der Waals surface area contributed by atoms with Crippen molar-refractivity contribution >= 4 is 22.6 Å². The molecule has 0 unspecified atom stereocenters. The van der Waals surface area contributed by atoms with Gasteiger partial charge in [-0.2, -0.15) is 0 Å². The number of benzene rings is 2. The van der Waals surface area contributed by atoms with E-state index in [1.165, 1.54) is 5.69 Å². The number of aromatic nitrogens is 2. The second-order valence-electron chi connectivity index (χ2n) is 6.15. The highest BCUT2D eigenvalue weighted by atomic mass is 16.2. The summed E-state index contributed by atoms with van der Waals surface area (Å²) in [5.41, 5.74) is 4.29. The van der Waals surface area contributed by atoms with Crippen molar-refractivity contribution in [2.24, 2.45) is 0 Å². The number of para-hydroxylation sites is 2. The van der Waals surface area contributed by atoms with Crippen LogP contribution in [-0.2, 0) is 4.79 Å². The summed E-state index contributed by atoms with van der Waals surface area (Å²) < 4.78 is 0. The lowest BCUT2D eigenvalue weighted by Crippen LogP contribution is -2.48. The molecule has 0 spiro atoms. The first-order chi connectivity index (χ1) is 11.7. The molecule has 3 aromatic rings. The number of piperazine rings is 1. The van der Waals surface area contributed by atoms with E-state index >= 15 is 0 Å². The number of anilines is 1. The number of carbonyl (C=O) groups excluding carboxylic acids is 1. The number of fused-ring (bicyclic) bond motifs is 1. The molecule has 0 bridgehead atoms. The maximum absolute atomic E-state index is 11.5. The molecule has 2 aromatic carbocycles. The SMILES string of the molecule is CC(=O)N1CCN(c2cccc(-c3nc4ccccc4[nH]3)c2)CC1. The lowest BCUT2D eigenvalue weighted by Gasteiger charge is -2.35. The first-order valence-electron chi connectivity index (χ1n) is 8.26. The van der Waals surface area contributed by atoms with Gasteiger partial charge in [-0.05, 0) is 24.3 Å². The van der Waals surface area contributed by atoms with Crippen LogP contribution in [0.1, 0.15) is 6.92 Å². The van der Waals surface area contributed by atoms with E-state index < -0.39 is 0 Å². The summed E-state index contributed by atoms with van der Waals surface area (Å²) in [4.78, 5) is 23.7. The molecule has 1 aliphatic rings. The van der Waals surface area contributed by atoms with Crippen LogP contribution in [0.15, 0.2) is 48.5 Å². The van der Waals surface area contributed by atoms with E-state index in [1.807, 2.05) is 29.2 Å². The van der Waals surface area contributed by atoms with Gasteiger partial charge < -0.3 is 14.8 Å². The van der Waals surface area contributed by atoms with Crippen molar-refractivity contribution in [2.45, 2.75) is 6.92 Å². The average molecular weight is 320 g/mol. The van der Waals surface area contributed by atoms with Crippen molar-refractivity contribution in [3.05, 3.63) is 48.5 Å². The standard InChI is InChI=1S/C19H20N4O/c1-14(24)22-9-11-23(12-10-22)16-6-4-5-15(13-16)19-20-17-7-2-3-8-18(17)21-19/h2-8,13H,9-12H2,1H3,(H,20,21). The average Bonchev–Trinajstić information content (AvgIpc) is 3.06. The van der Waals surface area contributed by atoms with Gasteiger partial charge in [-0.25, -0.2) is 4.98 Å². The van der Waals surface area contributed by atoms with E-state index in [1.54, 1.807) is 6.92 Å². The van der Waals surface area contributed by atoms with Gasteiger partial charge in [0.25, 0.3) is 0 Å². The third-order valence-corrected chi connectivity index (χ3v) is 4.60. The largest absolute Gasteiger partial charge is 0.368 e. The summed E-state index contributed by atoms with van der Waals surface area (Å²) in [6, 6.07) is 16.5. The Morgan fingerprint density at radius 2 is 1.83 bits per heavy atom. The van der Waals surface area contributed by atoms with E-state index in [4.69, 9.17) is 0 Å². The van der Waals surface area contributed by atoms with Crippen molar-refractivity contribution in [1.29, 1.82) is 0 Å². The first kappa shape index (κ1) is 14.8.